The van der Waals surface area contributed by atoms with Crippen LogP contribution in [-0.4, -0.2) is 36.1 Å². The number of methoxy groups -OCH3 is 1. The minimum atomic E-state index is -0.253. The number of carbonyl (C=O) groups is 1. The molecule has 1 aliphatic rings. The molecule has 0 spiro atoms. The molecule has 1 aliphatic heterocycles. The SMILES string of the molecule is CCC1C(Cl)CCCN1C(=O)OC. The van der Waals surface area contributed by atoms with Crippen LogP contribution in [0.3, 0.4) is 0 Å². The van der Waals surface area contributed by atoms with E-state index in [-0.39, 0.29) is 17.5 Å². The van der Waals surface area contributed by atoms with E-state index >= 15 is 0 Å². The number of ether oxygens (including phenoxy) is 1. The van der Waals surface area contributed by atoms with E-state index in [2.05, 4.69) is 0 Å². The molecule has 0 aromatic rings. The fourth-order valence-electron chi connectivity index (χ4n) is 1.83. The number of amides is 1. The van der Waals surface area contributed by atoms with Crippen LogP contribution in [0, 0.1) is 0 Å². The Kier molecular flexibility index (Phi) is 3.85. The van der Waals surface area contributed by atoms with Crippen LogP contribution in [0.4, 0.5) is 4.79 Å². The van der Waals surface area contributed by atoms with Gasteiger partial charge >= 0.3 is 6.09 Å². The summed E-state index contributed by atoms with van der Waals surface area (Å²) in [5.74, 6) is 0. The minimum Gasteiger partial charge on any atom is -0.453 e. The average Bonchev–Trinajstić information content (AvgIpc) is 2.16. The topological polar surface area (TPSA) is 29.5 Å². The molecule has 0 saturated carbocycles. The number of alkyl halides is 1. The van der Waals surface area contributed by atoms with Gasteiger partial charge in [-0.05, 0) is 19.3 Å². The second-order valence-corrected chi connectivity index (χ2v) is 3.86. The number of piperidine rings is 1. The van der Waals surface area contributed by atoms with Crippen molar-refractivity contribution in [1.29, 1.82) is 0 Å². The number of likely N-dealkylation sites (tertiary alicyclic amines) is 1. The van der Waals surface area contributed by atoms with Gasteiger partial charge in [-0.25, -0.2) is 4.79 Å². The molecular weight excluding hydrogens is 190 g/mol. The van der Waals surface area contributed by atoms with E-state index < -0.39 is 0 Å². The van der Waals surface area contributed by atoms with Crippen molar-refractivity contribution in [2.45, 2.75) is 37.6 Å². The number of rotatable bonds is 1. The van der Waals surface area contributed by atoms with Gasteiger partial charge in [0.2, 0.25) is 0 Å². The predicted molar refractivity (Wildman–Crippen MR) is 52.1 cm³/mol. The molecule has 0 N–H and O–H groups in total. The molecule has 0 radical (unpaired) electrons. The first-order valence-corrected chi connectivity index (χ1v) is 5.13. The molecule has 2 unspecified atom stereocenters. The average molecular weight is 206 g/mol. The Morgan fingerprint density at radius 1 is 1.69 bits per heavy atom. The van der Waals surface area contributed by atoms with Gasteiger partial charge in [0.15, 0.2) is 0 Å². The van der Waals surface area contributed by atoms with Gasteiger partial charge in [-0.1, -0.05) is 6.92 Å². The Bertz CT molecular complexity index is 186. The Balaban J connectivity index is 2.64. The lowest BCUT2D eigenvalue weighted by atomic mass is 10.0. The summed E-state index contributed by atoms with van der Waals surface area (Å²) in [5.41, 5.74) is 0. The molecule has 0 aliphatic carbocycles. The highest BCUT2D eigenvalue weighted by molar-refractivity contribution is 6.21. The Morgan fingerprint density at radius 2 is 2.38 bits per heavy atom. The quantitative estimate of drug-likeness (QED) is 0.615. The third-order valence-electron chi connectivity index (χ3n) is 2.52. The molecule has 2 atom stereocenters. The van der Waals surface area contributed by atoms with Gasteiger partial charge in [-0.15, -0.1) is 11.6 Å². The number of nitrogens with zero attached hydrogens (tertiary/aromatic N) is 1. The smallest absolute Gasteiger partial charge is 0.409 e. The van der Waals surface area contributed by atoms with Crippen LogP contribution in [-0.2, 0) is 4.74 Å². The molecule has 0 bridgehead atoms. The van der Waals surface area contributed by atoms with Crippen molar-refractivity contribution in [2.24, 2.45) is 0 Å². The zero-order valence-electron chi connectivity index (χ0n) is 8.12. The van der Waals surface area contributed by atoms with Crippen LogP contribution in [0.1, 0.15) is 26.2 Å². The Labute approximate surface area is 84.0 Å². The summed E-state index contributed by atoms with van der Waals surface area (Å²) in [5, 5.41) is 0.0813. The van der Waals surface area contributed by atoms with E-state index in [4.69, 9.17) is 16.3 Å². The first-order valence-electron chi connectivity index (χ1n) is 4.69. The van der Waals surface area contributed by atoms with Gasteiger partial charge in [0.25, 0.3) is 0 Å². The van der Waals surface area contributed by atoms with E-state index in [0.29, 0.717) is 0 Å². The highest BCUT2D eigenvalue weighted by Gasteiger charge is 2.32. The van der Waals surface area contributed by atoms with Crippen LogP contribution < -0.4 is 0 Å². The molecule has 1 saturated heterocycles. The summed E-state index contributed by atoms with van der Waals surface area (Å²) in [6, 6.07) is 0.142. The van der Waals surface area contributed by atoms with Gasteiger partial charge in [0.05, 0.1) is 18.5 Å². The first-order chi connectivity index (χ1) is 6.20. The van der Waals surface area contributed by atoms with Crippen LogP contribution in [0.15, 0.2) is 0 Å². The fraction of sp³-hybridized carbons (Fsp3) is 0.889. The highest BCUT2D eigenvalue weighted by atomic mass is 35.5. The molecule has 1 amide bonds. The second kappa shape index (κ2) is 4.70. The molecule has 76 valence electrons. The van der Waals surface area contributed by atoms with Gasteiger partial charge < -0.3 is 9.64 Å². The summed E-state index contributed by atoms with van der Waals surface area (Å²) >= 11 is 6.13. The maximum Gasteiger partial charge on any atom is 0.409 e. The van der Waals surface area contributed by atoms with Gasteiger partial charge in [0.1, 0.15) is 0 Å². The lowest BCUT2D eigenvalue weighted by Gasteiger charge is -2.37. The Hall–Kier alpha value is -0.440. The maximum atomic E-state index is 11.3. The zero-order valence-corrected chi connectivity index (χ0v) is 8.88. The van der Waals surface area contributed by atoms with Crippen molar-refractivity contribution in [1.82, 2.24) is 4.90 Å². The van der Waals surface area contributed by atoms with Crippen molar-refractivity contribution < 1.29 is 9.53 Å². The van der Waals surface area contributed by atoms with Crippen LogP contribution in [0.5, 0.6) is 0 Å². The van der Waals surface area contributed by atoms with Gasteiger partial charge in [-0.2, -0.15) is 0 Å². The summed E-state index contributed by atoms with van der Waals surface area (Å²) in [6.45, 7) is 2.82. The molecule has 0 aromatic carbocycles. The van der Waals surface area contributed by atoms with Crippen molar-refractivity contribution in [3.05, 3.63) is 0 Å². The lowest BCUT2D eigenvalue weighted by Crippen LogP contribution is -2.48. The summed E-state index contributed by atoms with van der Waals surface area (Å²) in [7, 11) is 1.41. The van der Waals surface area contributed by atoms with E-state index in [0.717, 1.165) is 25.8 Å². The number of hydrogen-bond donors (Lipinski definition) is 0. The molecule has 1 heterocycles. The predicted octanol–water partition coefficient (Wildman–Crippen LogP) is 2.23. The zero-order chi connectivity index (χ0) is 9.84. The maximum absolute atomic E-state index is 11.3. The molecule has 1 rings (SSSR count). The standard InChI is InChI=1S/C9H16ClNO2/c1-3-8-7(10)5-4-6-11(8)9(12)13-2/h7-8H,3-6H2,1-2H3. The van der Waals surface area contributed by atoms with E-state index in [1.165, 1.54) is 7.11 Å². The molecule has 4 heteroatoms. The third kappa shape index (κ3) is 2.27. The molecular formula is C9H16ClNO2. The second-order valence-electron chi connectivity index (χ2n) is 3.30. The molecule has 1 fully saturated rings. The van der Waals surface area contributed by atoms with E-state index in [1.54, 1.807) is 4.90 Å². The number of carbonyl (C=O) groups excluding carboxylic acids is 1. The molecule has 3 nitrogen and oxygen atoms in total. The molecule has 13 heavy (non-hydrogen) atoms. The van der Waals surface area contributed by atoms with E-state index in [9.17, 15) is 4.79 Å². The first kappa shape index (κ1) is 10.6. The highest BCUT2D eigenvalue weighted by Crippen LogP contribution is 2.24. The Morgan fingerprint density at radius 3 is 2.92 bits per heavy atom. The van der Waals surface area contributed by atoms with Crippen molar-refractivity contribution >= 4 is 17.7 Å². The van der Waals surface area contributed by atoms with Crippen molar-refractivity contribution in [3.8, 4) is 0 Å². The monoisotopic (exact) mass is 205 g/mol. The van der Waals surface area contributed by atoms with Gasteiger partial charge in [-0.3, -0.25) is 0 Å². The fourth-order valence-corrected chi connectivity index (χ4v) is 2.30. The minimum absolute atomic E-state index is 0.0813. The van der Waals surface area contributed by atoms with Crippen molar-refractivity contribution in [3.63, 3.8) is 0 Å². The summed E-state index contributed by atoms with van der Waals surface area (Å²) < 4.78 is 4.70. The number of halogens is 1. The van der Waals surface area contributed by atoms with Crippen LogP contribution >= 0.6 is 11.6 Å². The normalized spacial score (nSPS) is 28.7. The van der Waals surface area contributed by atoms with Gasteiger partial charge in [0, 0.05) is 6.54 Å². The van der Waals surface area contributed by atoms with Crippen LogP contribution in [0.25, 0.3) is 0 Å². The molecule has 0 aromatic heterocycles. The lowest BCUT2D eigenvalue weighted by molar-refractivity contribution is 0.0898. The van der Waals surface area contributed by atoms with Crippen molar-refractivity contribution in [2.75, 3.05) is 13.7 Å². The summed E-state index contributed by atoms with van der Waals surface area (Å²) in [4.78, 5) is 13.1. The van der Waals surface area contributed by atoms with Crippen LogP contribution in [0.2, 0.25) is 0 Å². The number of hydrogen-bond acceptors (Lipinski definition) is 2. The largest absolute Gasteiger partial charge is 0.453 e. The van der Waals surface area contributed by atoms with E-state index in [1.807, 2.05) is 6.92 Å². The third-order valence-corrected chi connectivity index (χ3v) is 3.03. The summed E-state index contributed by atoms with van der Waals surface area (Å²) in [6.07, 6.45) is 2.61.